The second-order valence-corrected chi connectivity index (χ2v) is 6.11. The molecule has 0 saturated heterocycles. The number of carbonyl (C=O) groups excluding carboxylic acids is 1. The van der Waals surface area contributed by atoms with Crippen LogP contribution in [0, 0.1) is 0 Å². The van der Waals surface area contributed by atoms with Gasteiger partial charge in [0, 0.05) is 4.90 Å². The van der Waals surface area contributed by atoms with Gasteiger partial charge in [0.25, 0.3) is 0 Å². The number of ether oxygens (including phenoxy) is 3. The number of benzene rings is 1. The molecule has 0 radical (unpaired) electrons. The van der Waals surface area contributed by atoms with Crippen molar-refractivity contribution in [2.75, 3.05) is 20.3 Å². The highest BCUT2D eigenvalue weighted by Gasteiger charge is 2.30. The van der Waals surface area contributed by atoms with Gasteiger partial charge in [-0.15, -0.1) is 11.8 Å². The fraction of sp³-hybridized carbons (Fsp3) is 0.462. The maximum Gasteiger partial charge on any atom is 0.321 e. The first-order valence-electron chi connectivity index (χ1n) is 5.70. The molecule has 1 aromatic carbocycles. The van der Waals surface area contributed by atoms with E-state index in [1.165, 1.54) is 18.9 Å². The molecule has 0 unspecified atom stereocenters. The van der Waals surface area contributed by atoms with Crippen molar-refractivity contribution in [1.29, 1.82) is 0 Å². The van der Waals surface area contributed by atoms with Crippen LogP contribution in [0.15, 0.2) is 23.1 Å². The summed E-state index contributed by atoms with van der Waals surface area (Å²) in [6.45, 7) is 4.80. The van der Waals surface area contributed by atoms with E-state index in [4.69, 9.17) is 14.2 Å². The van der Waals surface area contributed by atoms with Gasteiger partial charge < -0.3 is 14.2 Å². The number of esters is 1. The van der Waals surface area contributed by atoms with Gasteiger partial charge >= 0.3 is 5.97 Å². The second kappa shape index (κ2) is 5.10. The summed E-state index contributed by atoms with van der Waals surface area (Å²) < 4.78 is 15.1. The second-order valence-electron chi connectivity index (χ2n) is 4.41. The van der Waals surface area contributed by atoms with Crippen molar-refractivity contribution in [3.63, 3.8) is 0 Å². The Hall–Kier alpha value is -1.36. The average Bonchev–Trinajstić information content (AvgIpc) is 2.37. The lowest BCUT2D eigenvalue weighted by Gasteiger charge is -2.23. The minimum absolute atomic E-state index is 0.248. The van der Waals surface area contributed by atoms with Crippen LogP contribution < -0.4 is 9.47 Å². The fourth-order valence-corrected chi connectivity index (χ4v) is 2.73. The molecule has 0 aromatic heterocycles. The van der Waals surface area contributed by atoms with Gasteiger partial charge in [-0.2, -0.15) is 0 Å². The topological polar surface area (TPSA) is 44.8 Å². The van der Waals surface area contributed by atoms with E-state index in [0.29, 0.717) is 13.2 Å². The van der Waals surface area contributed by atoms with Crippen LogP contribution in [0.2, 0.25) is 0 Å². The Bertz CT molecular complexity index is 456. The number of fused-ring (bicyclic) bond motifs is 1. The van der Waals surface area contributed by atoms with Gasteiger partial charge in [-0.1, -0.05) is 0 Å². The van der Waals surface area contributed by atoms with E-state index >= 15 is 0 Å². The molecule has 98 valence electrons. The molecule has 0 aliphatic carbocycles. The molecule has 4 nitrogen and oxygen atoms in total. The summed E-state index contributed by atoms with van der Waals surface area (Å²) in [4.78, 5) is 12.6. The zero-order valence-corrected chi connectivity index (χ0v) is 11.5. The van der Waals surface area contributed by atoms with Gasteiger partial charge in [0.05, 0.1) is 7.11 Å². The van der Waals surface area contributed by atoms with Gasteiger partial charge in [0.15, 0.2) is 11.5 Å². The first-order chi connectivity index (χ1) is 8.53. The van der Waals surface area contributed by atoms with Crippen LogP contribution in [0.3, 0.4) is 0 Å². The smallest absolute Gasteiger partial charge is 0.321 e. The van der Waals surface area contributed by atoms with Crippen LogP contribution in [0.25, 0.3) is 0 Å². The van der Waals surface area contributed by atoms with Crippen molar-refractivity contribution in [2.45, 2.75) is 23.5 Å². The monoisotopic (exact) mass is 268 g/mol. The van der Waals surface area contributed by atoms with Crippen molar-refractivity contribution in [2.24, 2.45) is 0 Å². The number of hydrogen-bond acceptors (Lipinski definition) is 5. The lowest BCUT2D eigenvalue weighted by atomic mass is 10.2. The third-order valence-corrected chi connectivity index (χ3v) is 3.73. The van der Waals surface area contributed by atoms with E-state index < -0.39 is 4.75 Å². The van der Waals surface area contributed by atoms with Crippen LogP contribution in [-0.4, -0.2) is 31.0 Å². The summed E-state index contributed by atoms with van der Waals surface area (Å²) in [6.07, 6.45) is 0. The zero-order valence-electron chi connectivity index (χ0n) is 10.7. The normalized spacial score (nSPS) is 14.2. The predicted molar refractivity (Wildman–Crippen MR) is 69.4 cm³/mol. The number of methoxy groups -OCH3 is 1. The first-order valence-corrected chi connectivity index (χ1v) is 6.51. The van der Waals surface area contributed by atoms with Gasteiger partial charge in [0.2, 0.25) is 0 Å². The van der Waals surface area contributed by atoms with E-state index in [9.17, 15) is 4.79 Å². The standard InChI is InChI=1S/C13H16O4S/c1-13(2,12(14)15-3)18-9-4-5-10-11(8-9)17-7-6-16-10/h4-5,8H,6-7H2,1-3H3. The first kappa shape index (κ1) is 13.1. The molecule has 2 rings (SSSR count). The molecule has 0 amide bonds. The molecule has 0 saturated carbocycles. The van der Waals surface area contributed by atoms with E-state index in [1.54, 1.807) is 0 Å². The van der Waals surface area contributed by atoms with Crippen LogP contribution in [-0.2, 0) is 9.53 Å². The maximum atomic E-state index is 11.6. The van der Waals surface area contributed by atoms with Gasteiger partial charge in [-0.3, -0.25) is 4.79 Å². The summed E-state index contributed by atoms with van der Waals surface area (Å²) >= 11 is 1.44. The van der Waals surface area contributed by atoms with Crippen LogP contribution >= 0.6 is 11.8 Å². The summed E-state index contributed by atoms with van der Waals surface area (Å²) in [7, 11) is 1.40. The maximum absolute atomic E-state index is 11.6. The Balaban J connectivity index is 2.17. The van der Waals surface area contributed by atoms with Gasteiger partial charge in [0.1, 0.15) is 18.0 Å². The number of hydrogen-bond donors (Lipinski definition) is 0. The molecule has 0 fully saturated rings. The number of rotatable bonds is 3. The largest absolute Gasteiger partial charge is 0.486 e. The Labute approximate surface area is 111 Å². The number of thioether (sulfide) groups is 1. The highest BCUT2D eigenvalue weighted by Crippen LogP contribution is 2.39. The van der Waals surface area contributed by atoms with E-state index in [0.717, 1.165) is 16.4 Å². The Morgan fingerprint density at radius 3 is 2.61 bits per heavy atom. The van der Waals surface area contributed by atoms with Crippen LogP contribution in [0.5, 0.6) is 11.5 Å². The lowest BCUT2D eigenvalue weighted by molar-refractivity contribution is -0.142. The minimum Gasteiger partial charge on any atom is -0.486 e. The summed E-state index contributed by atoms with van der Waals surface area (Å²) in [6, 6.07) is 5.68. The summed E-state index contributed by atoms with van der Waals surface area (Å²) in [5.74, 6) is 1.23. The van der Waals surface area contributed by atoms with E-state index in [2.05, 4.69) is 0 Å². The molecular formula is C13H16O4S. The molecule has 1 aliphatic heterocycles. The molecule has 0 spiro atoms. The Kier molecular flexibility index (Phi) is 3.71. The Morgan fingerprint density at radius 2 is 1.94 bits per heavy atom. The molecule has 0 atom stereocenters. The van der Waals surface area contributed by atoms with E-state index in [1.807, 2.05) is 32.0 Å². The van der Waals surface area contributed by atoms with Crippen molar-refractivity contribution >= 4 is 17.7 Å². The Morgan fingerprint density at radius 1 is 1.28 bits per heavy atom. The van der Waals surface area contributed by atoms with Crippen LogP contribution in [0.4, 0.5) is 0 Å². The van der Waals surface area contributed by atoms with E-state index in [-0.39, 0.29) is 5.97 Å². The SMILES string of the molecule is COC(=O)C(C)(C)Sc1ccc2c(c1)OCCO2. The van der Waals surface area contributed by atoms with Crippen molar-refractivity contribution in [1.82, 2.24) is 0 Å². The summed E-state index contributed by atoms with van der Waals surface area (Å²) in [5, 5.41) is 0. The molecule has 1 aromatic rings. The highest BCUT2D eigenvalue weighted by molar-refractivity contribution is 8.01. The fourth-order valence-electron chi connectivity index (χ4n) is 1.67. The van der Waals surface area contributed by atoms with Gasteiger partial charge in [-0.25, -0.2) is 0 Å². The van der Waals surface area contributed by atoms with Crippen molar-refractivity contribution < 1.29 is 19.0 Å². The third-order valence-electron chi connectivity index (χ3n) is 2.56. The lowest BCUT2D eigenvalue weighted by Crippen LogP contribution is -2.28. The third kappa shape index (κ3) is 2.72. The zero-order chi connectivity index (χ0) is 13.2. The number of carbonyl (C=O) groups is 1. The molecule has 18 heavy (non-hydrogen) atoms. The predicted octanol–water partition coefficient (Wildman–Crippen LogP) is 2.50. The van der Waals surface area contributed by atoms with Crippen molar-refractivity contribution in [3.8, 4) is 11.5 Å². The molecule has 5 heteroatoms. The minimum atomic E-state index is -0.626. The molecule has 1 heterocycles. The molecular weight excluding hydrogens is 252 g/mol. The van der Waals surface area contributed by atoms with Crippen molar-refractivity contribution in [3.05, 3.63) is 18.2 Å². The average molecular weight is 268 g/mol. The van der Waals surface area contributed by atoms with Gasteiger partial charge in [-0.05, 0) is 32.0 Å². The molecule has 0 N–H and O–H groups in total. The quantitative estimate of drug-likeness (QED) is 0.622. The highest BCUT2D eigenvalue weighted by atomic mass is 32.2. The molecule has 1 aliphatic rings. The summed E-state index contributed by atoms with van der Waals surface area (Å²) in [5.41, 5.74) is 0. The molecule has 0 bridgehead atoms. The van der Waals surface area contributed by atoms with Crippen LogP contribution in [0.1, 0.15) is 13.8 Å².